The average molecular weight is 311 g/mol. The number of carboxylic acid groups (broad SMARTS) is 1. The van der Waals surface area contributed by atoms with Gasteiger partial charge < -0.3 is 10.4 Å². The molecule has 0 saturated heterocycles. The molecule has 2 aromatic rings. The Morgan fingerprint density at radius 1 is 1.00 bits per heavy atom. The molecular formula is C19H21NO3. The SMILES string of the molecule is Cc1cc(C)cc(C(=O)NC(c2ccccc2)C(C)C(=O)O)c1. The van der Waals surface area contributed by atoms with Gasteiger partial charge in [0.05, 0.1) is 12.0 Å². The van der Waals surface area contributed by atoms with Crippen molar-refractivity contribution < 1.29 is 14.7 Å². The first-order chi connectivity index (χ1) is 10.9. The van der Waals surface area contributed by atoms with Crippen LogP contribution in [0.15, 0.2) is 48.5 Å². The van der Waals surface area contributed by atoms with Crippen LogP contribution in [-0.2, 0) is 4.79 Å². The van der Waals surface area contributed by atoms with Gasteiger partial charge in [0.1, 0.15) is 0 Å². The van der Waals surface area contributed by atoms with E-state index in [4.69, 9.17) is 0 Å². The average Bonchev–Trinajstić information content (AvgIpc) is 2.51. The van der Waals surface area contributed by atoms with Crippen LogP contribution in [0.1, 0.15) is 40.0 Å². The lowest BCUT2D eigenvalue weighted by Gasteiger charge is -2.23. The van der Waals surface area contributed by atoms with Crippen molar-refractivity contribution in [1.29, 1.82) is 0 Å². The summed E-state index contributed by atoms with van der Waals surface area (Å²) in [6.45, 7) is 5.46. The Balaban J connectivity index is 2.30. The van der Waals surface area contributed by atoms with Gasteiger partial charge in [-0.05, 0) is 38.5 Å². The molecule has 0 aliphatic carbocycles. The highest BCUT2D eigenvalue weighted by Crippen LogP contribution is 2.23. The first kappa shape index (κ1) is 16.7. The number of hydrogen-bond donors (Lipinski definition) is 2. The summed E-state index contributed by atoms with van der Waals surface area (Å²) in [5, 5.41) is 12.2. The van der Waals surface area contributed by atoms with E-state index in [-0.39, 0.29) is 5.91 Å². The molecular weight excluding hydrogens is 290 g/mol. The monoisotopic (exact) mass is 311 g/mol. The van der Waals surface area contributed by atoms with Crippen molar-refractivity contribution in [3.05, 3.63) is 70.8 Å². The summed E-state index contributed by atoms with van der Waals surface area (Å²) in [5.74, 6) is -1.94. The fourth-order valence-corrected chi connectivity index (χ4v) is 2.63. The molecule has 0 saturated carbocycles. The van der Waals surface area contributed by atoms with Crippen molar-refractivity contribution >= 4 is 11.9 Å². The molecule has 4 heteroatoms. The van der Waals surface area contributed by atoms with Crippen molar-refractivity contribution in [3.8, 4) is 0 Å². The molecule has 0 bridgehead atoms. The molecule has 120 valence electrons. The van der Waals surface area contributed by atoms with Crippen molar-refractivity contribution in [3.63, 3.8) is 0 Å². The van der Waals surface area contributed by atoms with E-state index in [9.17, 15) is 14.7 Å². The number of rotatable bonds is 5. The van der Waals surface area contributed by atoms with Gasteiger partial charge in [-0.15, -0.1) is 0 Å². The highest BCUT2D eigenvalue weighted by molar-refractivity contribution is 5.95. The summed E-state index contributed by atoms with van der Waals surface area (Å²) in [7, 11) is 0. The van der Waals surface area contributed by atoms with E-state index in [1.165, 1.54) is 0 Å². The van der Waals surface area contributed by atoms with E-state index in [1.807, 2.05) is 50.2 Å². The predicted octanol–water partition coefficient (Wildman–Crippen LogP) is 3.50. The van der Waals surface area contributed by atoms with Gasteiger partial charge in [0, 0.05) is 5.56 Å². The maximum absolute atomic E-state index is 12.6. The van der Waals surface area contributed by atoms with Crippen LogP contribution in [0, 0.1) is 19.8 Å². The Hall–Kier alpha value is -2.62. The third-order valence-corrected chi connectivity index (χ3v) is 3.82. The topological polar surface area (TPSA) is 66.4 Å². The molecule has 0 heterocycles. The van der Waals surface area contributed by atoms with Crippen LogP contribution < -0.4 is 5.32 Å². The van der Waals surface area contributed by atoms with Crippen LogP contribution >= 0.6 is 0 Å². The van der Waals surface area contributed by atoms with Crippen LogP contribution in [0.4, 0.5) is 0 Å². The summed E-state index contributed by atoms with van der Waals surface area (Å²) in [5.41, 5.74) is 3.32. The van der Waals surface area contributed by atoms with Crippen molar-refractivity contribution in [1.82, 2.24) is 5.32 Å². The summed E-state index contributed by atoms with van der Waals surface area (Å²) in [6, 6.07) is 14.2. The predicted molar refractivity (Wildman–Crippen MR) is 89.4 cm³/mol. The number of amides is 1. The van der Waals surface area contributed by atoms with Gasteiger partial charge >= 0.3 is 5.97 Å². The lowest BCUT2D eigenvalue weighted by atomic mass is 9.94. The van der Waals surface area contributed by atoms with Crippen molar-refractivity contribution in [2.75, 3.05) is 0 Å². The molecule has 0 aromatic heterocycles. The smallest absolute Gasteiger partial charge is 0.308 e. The minimum absolute atomic E-state index is 0.265. The number of nitrogens with one attached hydrogen (secondary N) is 1. The Morgan fingerprint density at radius 2 is 1.57 bits per heavy atom. The number of benzene rings is 2. The molecule has 2 rings (SSSR count). The van der Waals surface area contributed by atoms with Crippen LogP contribution in [-0.4, -0.2) is 17.0 Å². The zero-order valence-corrected chi connectivity index (χ0v) is 13.5. The van der Waals surface area contributed by atoms with E-state index in [2.05, 4.69) is 5.32 Å². The van der Waals surface area contributed by atoms with Crippen LogP contribution in [0.25, 0.3) is 0 Å². The number of aliphatic carboxylic acids is 1. The van der Waals surface area contributed by atoms with E-state index in [0.29, 0.717) is 5.56 Å². The van der Waals surface area contributed by atoms with Gasteiger partial charge in [-0.2, -0.15) is 0 Å². The summed E-state index contributed by atoms with van der Waals surface area (Å²) >= 11 is 0. The molecule has 2 atom stereocenters. The maximum atomic E-state index is 12.6. The zero-order chi connectivity index (χ0) is 17.0. The van der Waals surface area contributed by atoms with E-state index in [1.54, 1.807) is 19.1 Å². The Kier molecular flexibility index (Phi) is 5.16. The highest BCUT2D eigenvalue weighted by Gasteiger charge is 2.27. The molecule has 0 aliphatic heterocycles. The Labute approximate surface area is 136 Å². The lowest BCUT2D eigenvalue weighted by molar-refractivity contribution is -0.142. The molecule has 2 N–H and O–H groups in total. The first-order valence-corrected chi connectivity index (χ1v) is 7.55. The largest absolute Gasteiger partial charge is 0.481 e. The van der Waals surface area contributed by atoms with Gasteiger partial charge in [0.2, 0.25) is 0 Å². The Bertz CT molecular complexity index is 690. The molecule has 2 unspecified atom stereocenters. The second-order valence-electron chi connectivity index (χ2n) is 5.87. The number of hydrogen-bond acceptors (Lipinski definition) is 2. The number of carboxylic acids is 1. The fourth-order valence-electron chi connectivity index (χ4n) is 2.63. The van der Waals surface area contributed by atoms with Crippen molar-refractivity contribution in [2.24, 2.45) is 5.92 Å². The minimum atomic E-state index is -0.945. The van der Waals surface area contributed by atoms with Gasteiger partial charge in [-0.3, -0.25) is 9.59 Å². The summed E-state index contributed by atoms with van der Waals surface area (Å²) in [4.78, 5) is 23.9. The third-order valence-electron chi connectivity index (χ3n) is 3.82. The molecule has 2 aromatic carbocycles. The molecule has 0 fully saturated rings. The summed E-state index contributed by atoms with van der Waals surface area (Å²) in [6.07, 6.45) is 0. The van der Waals surface area contributed by atoms with Crippen LogP contribution in [0.3, 0.4) is 0 Å². The van der Waals surface area contributed by atoms with Gasteiger partial charge in [0.25, 0.3) is 5.91 Å². The number of carbonyl (C=O) groups excluding carboxylic acids is 1. The van der Waals surface area contributed by atoms with Crippen LogP contribution in [0.2, 0.25) is 0 Å². The van der Waals surface area contributed by atoms with Gasteiger partial charge in [0.15, 0.2) is 0 Å². The number of aryl methyl sites for hydroxylation is 2. The summed E-state index contributed by atoms with van der Waals surface area (Å²) < 4.78 is 0. The molecule has 0 spiro atoms. The van der Waals surface area contributed by atoms with E-state index < -0.39 is 17.9 Å². The first-order valence-electron chi connectivity index (χ1n) is 7.55. The normalized spacial score (nSPS) is 13.2. The fraction of sp³-hybridized carbons (Fsp3) is 0.263. The van der Waals surface area contributed by atoms with E-state index >= 15 is 0 Å². The van der Waals surface area contributed by atoms with Gasteiger partial charge in [-0.25, -0.2) is 0 Å². The molecule has 0 radical (unpaired) electrons. The molecule has 1 amide bonds. The second kappa shape index (κ2) is 7.09. The molecule has 0 aliphatic rings. The zero-order valence-electron chi connectivity index (χ0n) is 13.5. The van der Waals surface area contributed by atoms with Crippen LogP contribution in [0.5, 0.6) is 0 Å². The van der Waals surface area contributed by atoms with Gasteiger partial charge in [-0.1, -0.05) is 47.5 Å². The van der Waals surface area contributed by atoms with E-state index in [0.717, 1.165) is 16.7 Å². The van der Waals surface area contributed by atoms with Crippen molar-refractivity contribution in [2.45, 2.75) is 26.8 Å². The highest BCUT2D eigenvalue weighted by atomic mass is 16.4. The number of carbonyl (C=O) groups is 2. The minimum Gasteiger partial charge on any atom is -0.481 e. The lowest BCUT2D eigenvalue weighted by Crippen LogP contribution is -2.35. The Morgan fingerprint density at radius 3 is 2.09 bits per heavy atom. The quantitative estimate of drug-likeness (QED) is 0.888. The standard InChI is InChI=1S/C19H21NO3/c1-12-9-13(2)11-16(10-12)18(21)20-17(14(3)19(22)23)15-7-5-4-6-8-15/h4-11,14,17H,1-3H3,(H,20,21)(H,22,23). The third kappa shape index (κ3) is 4.19. The second-order valence-corrected chi connectivity index (χ2v) is 5.87. The molecule has 4 nitrogen and oxygen atoms in total. The molecule has 23 heavy (non-hydrogen) atoms. The maximum Gasteiger partial charge on any atom is 0.308 e.